The second-order valence-electron chi connectivity index (χ2n) is 6.13. The molecule has 5 heteroatoms. The Bertz CT molecular complexity index is 773. The van der Waals surface area contributed by atoms with Crippen LogP contribution in [0.2, 0.25) is 0 Å². The lowest BCUT2D eigenvalue weighted by atomic mass is 10.1. The van der Waals surface area contributed by atoms with E-state index >= 15 is 0 Å². The molecule has 4 rings (SSSR count). The summed E-state index contributed by atoms with van der Waals surface area (Å²) < 4.78 is 0. The van der Waals surface area contributed by atoms with Crippen LogP contribution in [0, 0.1) is 0 Å². The standard InChI is InChI=1S/C19H20N4S/c1-2-14-3-4-16(5-6-17(14)21-9-1)22-12-19-23-18(13-24-19)15-7-10-20-11-8-15/h1-2,7-11,13,16,22H,3-6,12H2. The molecule has 1 N–H and O–H groups in total. The average molecular weight is 336 g/mol. The van der Waals surface area contributed by atoms with Crippen LogP contribution < -0.4 is 5.32 Å². The van der Waals surface area contributed by atoms with Crippen molar-refractivity contribution in [1.29, 1.82) is 0 Å². The lowest BCUT2D eigenvalue weighted by Gasteiger charge is -2.14. The van der Waals surface area contributed by atoms with Gasteiger partial charge in [0.2, 0.25) is 0 Å². The van der Waals surface area contributed by atoms with Crippen LogP contribution in [0.25, 0.3) is 11.3 Å². The fourth-order valence-corrected chi connectivity index (χ4v) is 3.95. The number of fused-ring (bicyclic) bond motifs is 1. The molecule has 0 aromatic carbocycles. The van der Waals surface area contributed by atoms with Gasteiger partial charge in [-0.05, 0) is 49.4 Å². The van der Waals surface area contributed by atoms with E-state index in [-0.39, 0.29) is 0 Å². The van der Waals surface area contributed by atoms with E-state index < -0.39 is 0 Å². The van der Waals surface area contributed by atoms with Crippen molar-refractivity contribution in [2.45, 2.75) is 38.3 Å². The van der Waals surface area contributed by atoms with Crippen LogP contribution >= 0.6 is 11.3 Å². The number of rotatable bonds is 4. The van der Waals surface area contributed by atoms with E-state index in [2.05, 4.69) is 26.7 Å². The minimum Gasteiger partial charge on any atom is -0.308 e. The SMILES string of the molecule is c1cnc2c(c1)CCC(NCc1nc(-c3ccncc3)cs1)CC2. The number of pyridine rings is 2. The van der Waals surface area contributed by atoms with Gasteiger partial charge >= 0.3 is 0 Å². The predicted octanol–water partition coefficient (Wildman–Crippen LogP) is 3.64. The first-order chi connectivity index (χ1) is 11.9. The first-order valence-electron chi connectivity index (χ1n) is 8.39. The van der Waals surface area contributed by atoms with Crippen molar-refractivity contribution in [3.63, 3.8) is 0 Å². The minimum absolute atomic E-state index is 0.535. The molecule has 0 radical (unpaired) electrons. The highest BCUT2D eigenvalue weighted by atomic mass is 32.1. The van der Waals surface area contributed by atoms with Crippen molar-refractivity contribution in [3.8, 4) is 11.3 Å². The summed E-state index contributed by atoms with van der Waals surface area (Å²) in [5.41, 5.74) is 4.85. The third kappa shape index (κ3) is 3.52. The molecule has 0 spiro atoms. The number of thiazole rings is 1. The maximum absolute atomic E-state index is 4.74. The summed E-state index contributed by atoms with van der Waals surface area (Å²) in [7, 11) is 0. The van der Waals surface area contributed by atoms with Gasteiger partial charge in [-0.3, -0.25) is 9.97 Å². The Morgan fingerprint density at radius 2 is 1.96 bits per heavy atom. The topological polar surface area (TPSA) is 50.7 Å². The fraction of sp³-hybridized carbons (Fsp3) is 0.316. The molecule has 122 valence electrons. The predicted molar refractivity (Wildman–Crippen MR) is 96.9 cm³/mol. The summed E-state index contributed by atoms with van der Waals surface area (Å²) >= 11 is 1.72. The van der Waals surface area contributed by atoms with Gasteiger partial charge in [-0.2, -0.15) is 0 Å². The van der Waals surface area contributed by atoms with Crippen molar-refractivity contribution in [2.75, 3.05) is 0 Å². The Labute approximate surface area is 146 Å². The number of nitrogens with one attached hydrogen (secondary N) is 1. The molecule has 0 saturated carbocycles. The van der Waals surface area contributed by atoms with Crippen LogP contribution in [-0.4, -0.2) is 21.0 Å². The zero-order valence-electron chi connectivity index (χ0n) is 13.5. The molecule has 0 aliphatic heterocycles. The molecule has 24 heavy (non-hydrogen) atoms. The second kappa shape index (κ2) is 7.20. The number of nitrogens with zero attached hydrogens (tertiary/aromatic N) is 3. The maximum atomic E-state index is 4.74. The molecule has 1 aliphatic carbocycles. The van der Waals surface area contributed by atoms with Gasteiger partial charge in [0.15, 0.2) is 0 Å². The minimum atomic E-state index is 0.535. The van der Waals surface area contributed by atoms with Crippen molar-refractivity contribution in [3.05, 3.63) is 64.5 Å². The molecule has 0 saturated heterocycles. The van der Waals surface area contributed by atoms with E-state index in [1.807, 2.05) is 36.8 Å². The first kappa shape index (κ1) is 15.4. The number of aryl methyl sites for hydroxylation is 2. The van der Waals surface area contributed by atoms with E-state index in [4.69, 9.17) is 4.98 Å². The Morgan fingerprint density at radius 1 is 1.08 bits per heavy atom. The fourth-order valence-electron chi connectivity index (χ4n) is 3.19. The second-order valence-corrected chi connectivity index (χ2v) is 7.07. The molecule has 0 fully saturated rings. The van der Waals surface area contributed by atoms with Gasteiger partial charge in [0.1, 0.15) is 5.01 Å². The number of aromatic nitrogens is 3. The smallest absolute Gasteiger partial charge is 0.107 e. The zero-order chi connectivity index (χ0) is 16.2. The van der Waals surface area contributed by atoms with Crippen LogP contribution in [-0.2, 0) is 19.4 Å². The molecular weight excluding hydrogens is 316 g/mol. The summed E-state index contributed by atoms with van der Waals surface area (Å²) in [6.07, 6.45) is 10.0. The van der Waals surface area contributed by atoms with Gasteiger partial charge in [0.05, 0.1) is 5.69 Å². The van der Waals surface area contributed by atoms with Gasteiger partial charge in [0, 0.05) is 47.8 Å². The van der Waals surface area contributed by atoms with Crippen molar-refractivity contribution in [1.82, 2.24) is 20.3 Å². The average Bonchev–Trinajstić information content (AvgIpc) is 3.02. The summed E-state index contributed by atoms with van der Waals surface area (Å²) in [5, 5.41) is 6.95. The molecule has 4 nitrogen and oxygen atoms in total. The molecule has 1 unspecified atom stereocenters. The van der Waals surface area contributed by atoms with Crippen molar-refractivity contribution in [2.24, 2.45) is 0 Å². The number of hydrogen-bond donors (Lipinski definition) is 1. The lowest BCUT2D eigenvalue weighted by Crippen LogP contribution is -2.28. The first-order valence-corrected chi connectivity index (χ1v) is 9.27. The van der Waals surface area contributed by atoms with Gasteiger partial charge < -0.3 is 5.32 Å². The maximum Gasteiger partial charge on any atom is 0.107 e. The Balaban J connectivity index is 1.35. The quantitative estimate of drug-likeness (QED) is 0.739. The Morgan fingerprint density at radius 3 is 2.88 bits per heavy atom. The van der Waals surface area contributed by atoms with E-state index in [9.17, 15) is 0 Å². The van der Waals surface area contributed by atoms with E-state index in [1.54, 1.807) is 11.3 Å². The largest absolute Gasteiger partial charge is 0.308 e. The monoisotopic (exact) mass is 336 g/mol. The summed E-state index contributed by atoms with van der Waals surface area (Å²) in [6.45, 7) is 0.837. The van der Waals surface area contributed by atoms with Crippen molar-refractivity contribution < 1.29 is 0 Å². The summed E-state index contributed by atoms with van der Waals surface area (Å²) in [5.74, 6) is 0. The van der Waals surface area contributed by atoms with E-state index in [0.717, 1.165) is 42.1 Å². The highest BCUT2D eigenvalue weighted by molar-refractivity contribution is 7.09. The Hall–Kier alpha value is -2.11. The molecule has 3 aromatic rings. The molecule has 1 aliphatic rings. The van der Waals surface area contributed by atoms with Crippen LogP contribution in [0.3, 0.4) is 0 Å². The molecule has 0 amide bonds. The highest BCUT2D eigenvalue weighted by Crippen LogP contribution is 2.22. The van der Waals surface area contributed by atoms with E-state index in [1.165, 1.54) is 17.7 Å². The van der Waals surface area contributed by atoms with Crippen LogP contribution in [0.4, 0.5) is 0 Å². The number of hydrogen-bond acceptors (Lipinski definition) is 5. The normalized spacial score (nSPS) is 17.2. The van der Waals surface area contributed by atoms with E-state index in [0.29, 0.717) is 6.04 Å². The highest BCUT2D eigenvalue weighted by Gasteiger charge is 2.16. The third-order valence-corrected chi connectivity index (χ3v) is 5.39. The van der Waals surface area contributed by atoms with Crippen LogP contribution in [0.1, 0.15) is 29.1 Å². The van der Waals surface area contributed by atoms with Gasteiger partial charge in [-0.1, -0.05) is 6.07 Å². The van der Waals surface area contributed by atoms with Gasteiger partial charge in [-0.15, -0.1) is 11.3 Å². The molecule has 3 aromatic heterocycles. The lowest BCUT2D eigenvalue weighted by molar-refractivity contribution is 0.461. The Kier molecular flexibility index (Phi) is 4.62. The zero-order valence-corrected chi connectivity index (χ0v) is 14.3. The van der Waals surface area contributed by atoms with Crippen LogP contribution in [0.5, 0.6) is 0 Å². The summed E-state index contributed by atoms with van der Waals surface area (Å²) in [6, 6.07) is 8.80. The molecule has 3 heterocycles. The van der Waals surface area contributed by atoms with Crippen molar-refractivity contribution >= 4 is 11.3 Å². The molecule has 1 atom stereocenters. The molecular formula is C19H20N4S. The third-order valence-electron chi connectivity index (χ3n) is 4.55. The van der Waals surface area contributed by atoms with Gasteiger partial charge in [0.25, 0.3) is 0 Å². The van der Waals surface area contributed by atoms with Gasteiger partial charge in [-0.25, -0.2) is 4.98 Å². The summed E-state index contributed by atoms with van der Waals surface area (Å²) in [4.78, 5) is 13.3. The molecule has 0 bridgehead atoms. The van der Waals surface area contributed by atoms with Crippen LogP contribution in [0.15, 0.2) is 48.2 Å².